The van der Waals surface area contributed by atoms with Crippen molar-refractivity contribution in [2.45, 2.75) is 77.8 Å². The van der Waals surface area contributed by atoms with Crippen LogP contribution in [0.2, 0.25) is 0 Å². The number of benzene rings is 3. The number of hydrogen-bond acceptors (Lipinski definition) is 3. The molecule has 0 spiro atoms. The van der Waals surface area contributed by atoms with Crippen LogP contribution in [-0.2, 0) is 16.0 Å². The molecule has 2 aliphatic rings. The zero-order valence-electron chi connectivity index (χ0n) is 22.8. The summed E-state index contributed by atoms with van der Waals surface area (Å²) in [4.78, 5) is 26.1. The number of hydrogen-bond donors (Lipinski definition) is 2. The number of nitrogens with one attached hydrogen (secondary N) is 2. The zero-order chi connectivity index (χ0) is 26.6. The minimum absolute atomic E-state index is 0.0599. The average molecular weight is 510 g/mol. The first-order chi connectivity index (χ1) is 18.4. The van der Waals surface area contributed by atoms with E-state index < -0.39 is 0 Å². The molecule has 2 amide bonds. The molecule has 5 heteroatoms. The number of carbonyl (C=O) groups excluding carboxylic acids is 2. The quantitative estimate of drug-likeness (QED) is 0.357. The first-order valence-corrected chi connectivity index (χ1v) is 14.0. The van der Waals surface area contributed by atoms with Crippen LogP contribution in [0.15, 0.2) is 66.7 Å². The Bertz CT molecular complexity index is 1290. The van der Waals surface area contributed by atoms with E-state index in [1.165, 1.54) is 51.0 Å². The van der Waals surface area contributed by atoms with Crippen LogP contribution in [0.3, 0.4) is 0 Å². The van der Waals surface area contributed by atoms with Crippen LogP contribution in [-0.4, -0.2) is 17.9 Å². The van der Waals surface area contributed by atoms with Gasteiger partial charge in [0.05, 0.1) is 6.04 Å². The van der Waals surface area contributed by atoms with Crippen molar-refractivity contribution in [1.82, 2.24) is 0 Å². The van der Waals surface area contributed by atoms with E-state index in [1.807, 2.05) is 23.1 Å². The van der Waals surface area contributed by atoms with Gasteiger partial charge in [-0.3, -0.25) is 9.59 Å². The third-order valence-corrected chi connectivity index (χ3v) is 8.08. The second-order valence-electron chi connectivity index (χ2n) is 11.1. The number of carbonyl (C=O) groups is 2. The molecule has 1 heterocycles. The van der Waals surface area contributed by atoms with Crippen molar-refractivity contribution in [3.63, 3.8) is 0 Å². The van der Waals surface area contributed by atoms with Crippen molar-refractivity contribution in [1.29, 1.82) is 0 Å². The van der Waals surface area contributed by atoms with Crippen LogP contribution in [0.25, 0.3) is 11.1 Å². The zero-order valence-corrected chi connectivity index (χ0v) is 22.8. The molecule has 0 radical (unpaired) electrons. The van der Waals surface area contributed by atoms with Crippen molar-refractivity contribution in [3.8, 4) is 11.1 Å². The maximum atomic E-state index is 12.6. The normalized spacial score (nSPS) is 19.5. The SMILES string of the molecule is CC(=O)Nc1cccc(-c2ccc3c(c2)[C@H](Nc2ccc(CC4CCCCC4)cc2)C[C@H](C)N3C(C)=O)c1. The number of fused-ring (bicyclic) bond motifs is 1. The molecular weight excluding hydrogens is 470 g/mol. The number of rotatable bonds is 6. The summed E-state index contributed by atoms with van der Waals surface area (Å²) in [5, 5.41) is 6.65. The minimum Gasteiger partial charge on any atom is -0.378 e. The molecule has 38 heavy (non-hydrogen) atoms. The van der Waals surface area contributed by atoms with Crippen LogP contribution in [0.5, 0.6) is 0 Å². The van der Waals surface area contributed by atoms with E-state index in [-0.39, 0.29) is 23.9 Å². The third-order valence-electron chi connectivity index (χ3n) is 8.08. The lowest BCUT2D eigenvalue weighted by atomic mass is 9.85. The van der Waals surface area contributed by atoms with Gasteiger partial charge in [0.1, 0.15) is 0 Å². The van der Waals surface area contributed by atoms with Crippen molar-refractivity contribution in [2.24, 2.45) is 5.92 Å². The van der Waals surface area contributed by atoms with E-state index in [0.717, 1.165) is 46.1 Å². The predicted octanol–water partition coefficient (Wildman–Crippen LogP) is 7.73. The molecule has 1 aliphatic carbocycles. The predicted molar refractivity (Wildman–Crippen MR) is 157 cm³/mol. The minimum atomic E-state index is -0.0901. The highest BCUT2D eigenvalue weighted by atomic mass is 16.2. The lowest BCUT2D eigenvalue weighted by Crippen LogP contribution is -2.43. The van der Waals surface area contributed by atoms with Crippen molar-refractivity contribution in [2.75, 3.05) is 15.5 Å². The third kappa shape index (κ3) is 5.93. The Kier molecular flexibility index (Phi) is 7.82. The fourth-order valence-electron chi connectivity index (χ4n) is 6.30. The highest BCUT2D eigenvalue weighted by molar-refractivity contribution is 5.94. The first-order valence-electron chi connectivity index (χ1n) is 14.0. The molecule has 1 saturated carbocycles. The summed E-state index contributed by atoms with van der Waals surface area (Å²) in [6, 6.07) is 23.4. The van der Waals surface area contributed by atoms with Gasteiger partial charge in [0.15, 0.2) is 0 Å². The highest BCUT2D eigenvalue weighted by Gasteiger charge is 2.32. The molecule has 2 atom stereocenters. The van der Waals surface area contributed by atoms with Gasteiger partial charge in [0.2, 0.25) is 11.8 Å². The van der Waals surface area contributed by atoms with E-state index in [4.69, 9.17) is 0 Å². The maximum absolute atomic E-state index is 12.6. The number of anilines is 3. The summed E-state index contributed by atoms with van der Waals surface area (Å²) in [7, 11) is 0. The molecule has 198 valence electrons. The number of amides is 2. The van der Waals surface area contributed by atoms with Crippen LogP contribution in [0.4, 0.5) is 17.1 Å². The lowest BCUT2D eigenvalue weighted by molar-refractivity contribution is -0.117. The molecule has 0 saturated heterocycles. The van der Waals surface area contributed by atoms with Crippen molar-refractivity contribution < 1.29 is 9.59 Å². The molecule has 5 nitrogen and oxygen atoms in total. The Hall–Kier alpha value is -3.60. The molecule has 0 bridgehead atoms. The number of nitrogens with zero attached hydrogens (tertiary/aromatic N) is 1. The van der Waals surface area contributed by atoms with Gasteiger partial charge in [-0.25, -0.2) is 0 Å². The second-order valence-corrected chi connectivity index (χ2v) is 11.1. The van der Waals surface area contributed by atoms with Crippen molar-refractivity contribution >= 4 is 28.9 Å². The van der Waals surface area contributed by atoms with Crippen molar-refractivity contribution in [3.05, 3.63) is 77.9 Å². The largest absolute Gasteiger partial charge is 0.378 e. The van der Waals surface area contributed by atoms with Crippen LogP contribution in [0, 0.1) is 5.92 Å². The molecule has 2 N–H and O–H groups in total. The van der Waals surface area contributed by atoms with E-state index in [1.54, 1.807) is 6.92 Å². The van der Waals surface area contributed by atoms with Crippen LogP contribution in [0.1, 0.15) is 76.5 Å². The fraction of sp³-hybridized carbons (Fsp3) is 0.394. The molecule has 0 aromatic heterocycles. The van der Waals surface area contributed by atoms with E-state index in [9.17, 15) is 9.59 Å². The summed E-state index contributed by atoms with van der Waals surface area (Å²) in [6.45, 7) is 5.28. The Morgan fingerprint density at radius 3 is 2.32 bits per heavy atom. The molecule has 1 fully saturated rings. The van der Waals surface area contributed by atoms with Gasteiger partial charge < -0.3 is 15.5 Å². The highest BCUT2D eigenvalue weighted by Crippen LogP contribution is 2.41. The maximum Gasteiger partial charge on any atom is 0.224 e. The molecular formula is C33H39N3O2. The fourth-order valence-corrected chi connectivity index (χ4v) is 6.30. The Labute approximate surface area is 226 Å². The van der Waals surface area contributed by atoms with Gasteiger partial charge in [-0.2, -0.15) is 0 Å². The van der Waals surface area contributed by atoms with Gasteiger partial charge in [-0.1, -0.05) is 62.4 Å². The summed E-state index contributed by atoms with van der Waals surface area (Å²) >= 11 is 0. The van der Waals surface area contributed by atoms with Gasteiger partial charge >= 0.3 is 0 Å². The van der Waals surface area contributed by atoms with Gasteiger partial charge in [0, 0.05) is 37.0 Å². The smallest absolute Gasteiger partial charge is 0.224 e. The van der Waals surface area contributed by atoms with Gasteiger partial charge in [0.25, 0.3) is 0 Å². The Balaban J connectivity index is 1.41. The second kappa shape index (κ2) is 11.4. The molecule has 5 rings (SSSR count). The van der Waals surface area contributed by atoms with Gasteiger partial charge in [-0.15, -0.1) is 0 Å². The molecule has 1 aliphatic heterocycles. The summed E-state index contributed by atoms with van der Waals surface area (Å²) in [5.41, 5.74) is 7.46. The summed E-state index contributed by atoms with van der Waals surface area (Å²) in [5.74, 6) is 0.797. The Morgan fingerprint density at radius 1 is 0.868 bits per heavy atom. The van der Waals surface area contributed by atoms with Crippen LogP contribution >= 0.6 is 0 Å². The lowest BCUT2D eigenvalue weighted by Gasteiger charge is -2.40. The van der Waals surface area contributed by atoms with E-state index in [0.29, 0.717) is 0 Å². The Morgan fingerprint density at radius 2 is 1.61 bits per heavy atom. The molecule has 0 unspecified atom stereocenters. The topological polar surface area (TPSA) is 61.4 Å². The molecule has 3 aromatic carbocycles. The standard InChI is InChI=1S/C33H39N3O2/c1-22-18-32(35-29-15-12-26(13-16-29)19-25-8-5-4-6-9-25)31-21-28(14-17-33(31)36(22)24(3)38)27-10-7-11-30(20-27)34-23(2)37/h7,10-17,20-22,25,32,35H,4-6,8-9,18-19H2,1-3H3,(H,34,37)/t22-,32+/m0/s1. The van der Waals surface area contributed by atoms with Gasteiger partial charge in [-0.05, 0) is 84.3 Å². The summed E-state index contributed by atoms with van der Waals surface area (Å²) in [6.07, 6.45) is 8.87. The van der Waals surface area contributed by atoms with Crippen LogP contribution < -0.4 is 15.5 Å². The monoisotopic (exact) mass is 509 g/mol. The van der Waals surface area contributed by atoms with E-state index in [2.05, 4.69) is 66.1 Å². The summed E-state index contributed by atoms with van der Waals surface area (Å²) < 4.78 is 0. The first kappa shape index (κ1) is 26.0. The average Bonchev–Trinajstić information content (AvgIpc) is 2.90. The molecule has 3 aromatic rings. The van der Waals surface area contributed by atoms with E-state index >= 15 is 0 Å².